The molecule has 31 heavy (non-hydrogen) atoms. The molecule has 2 amide bonds. The molecule has 3 N–H and O–H groups in total. The third-order valence-corrected chi connectivity index (χ3v) is 5.75. The van der Waals surface area contributed by atoms with E-state index in [0.717, 1.165) is 29.4 Å². The highest BCUT2D eigenvalue weighted by Crippen LogP contribution is 2.33. The first kappa shape index (κ1) is 20.6. The number of hydrogen-bond acceptors (Lipinski definition) is 4. The zero-order chi connectivity index (χ0) is 21.8. The van der Waals surface area contributed by atoms with Crippen LogP contribution in [0.5, 0.6) is 0 Å². The number of carbonyl (C=O) groups excluding carboxylic acids is 2. The Kier molecular flexibility index (Phi) is 5.99. The summed E-state index contributed by atoms with van der Waals surface area (Å²) in [5.41, 5.74) is 2.01. The number of nitrogens with zero attached hydrogens (tertiary/aromatic N) is 2. The average Bonchev–Trinajstić information content (AvgIpc) is 3.51. The molecule has 1 saturated carbocycles. The molecule has 3 aromatic rings. The fourth-order valence-electron chi connectivity index (χ4n) is 3.69. The number of nitriles is 1. The van der Waals surface area contributed by atoms with Crippen LogP contribution in [0, 0.1) is 17.2 Å². The van der Waals surface area contributed by atoms with E-state index in [-0.39, 0.29) is 17.7 Å². The maximum Gasteiger partial charge on any atom is 0.268 e. The van der Waals surface area contributed by atoms with E-state index in [4.69, 9.17) is 0 Å². The van der Waals surface area contributed by atoms with Crippen molar-refractivity contribution in [2.45, 2.75) is 44.2 Å². The van der Waals surface area contributed by atoms with Crippen molar-refractivity contribution in [2.24, 2.45) is 5.92 Å². The molecule has 1 aliphatic rings. The zero-order valence-corrected chi connectivity index (χ0v) is 17.3. The molecule has 1 aliphatic carbocycles. The van der Waals surface area contributed by atoms with E-state index in [9.17, 15) is 14.9 Å². The van der Waals surface area contributed by atoms with E-state index < -0.39 is 12.1 Å². The summed E-state index contributed by atoms with van der Waals surface area (Å²) in [6.45, 7) is 1.86. The van der Waals surface area contributed by atoms with Crippen LogP contribution in [-0.4, -0.2) is 33.9 Å². The number of rotatable bonds is 8. The smallest absolute Gasteiger partial charge is 0.268 e. The lowest BCUT2D eigenvalue weighted by Crippen LogP contribution is -2.50. The van der Waals surface area contributed by atoms with Crippen molar-refractivity contribution in [1.82, 2.24) is 20.6 Å². The van der Waals surface area contributed by atoms with Gasteiger partial charge in [0.2, 0.25) is 5.91 Å². The van der Waals surface area contributed by atoms with E-state index in [1.165, 1.54) is 0 Å². The summed E-state index contributed by atoms with van der Waals surface area (Å²) in [5, 5.41) is 16.3. The van der Waals surface area contributed by atoms with Crippen molar-refractivity contribution in [3.8, 4) is 6.07 Å². The molecule has 158 valence electrons. The van der Waals surface area contributed by atoms with E-state index in [1.807, 2.05) is 43.3 Å². The number of amides is 2. The molecule has 0 spiro atoms. The number of nitrogens with one attached hydrogen (secondary N) is 3. The summed E-state index contributed by atoms with van der Waals surface area (Å²) in [5.74, 6) is -0.525. The third-order valence-electron chi connectivity index (χ3n) is 5.75. The van der Waals surface area contributed by atoms with Crippen LogP contribution in [0.2, 0.25) is 0 Å². The molecule has 3 atom stereocenters. The summed E-state index contributed by atoms with van der Waals surface area (Å²) in [4.78, 5) is 33.3. The van der Waals surface area contributed by atoms with Crippen LogP contribution in [0.4, 0.5) is 0 Å². The van der Waals surface area contributed by atoms with Crippen molar-refractivity contribution in [2.75, 3.05) is 0 Å². The predicted molar refractivity (Wildman–Crippen MR) is 117 cm³/mol. The number of carbonyl (C=O) groups is 2. The predicted octanol–water partition coefficient (Wildman–Crippen LogP) is 3.27. The van der Waals surface area contributed by atoms with Crippen molar-refractivity contribution >= 4 is 22.7 Å². The lowest BCUT2D eigenvalue weighted by Gasteiger charge is -2.23. The van der Waals surface area contributed by atoms with Crippen LogP contribution in [0.3, 0.4) is 0 Å². The van der Waals surface area contributed by atoms with Gasteiger partial charge in [-0.15, -0.1) is 0 Å². The van der Waals surface area contributed by atoms with Gasteiger partial charge in [0.05, 0.1) is 6.07 Å². The van der Waals surface area contributed by atoms with Crippen LogP contribution in [0.15, 0.2) is 54.7 Å². The number of aromatic nitrogens is 2. The average molecular weight is 415 g/mol. The summed E-state index contributed by atoms with van der Waals surface area (Å²) < 4.78 is 0. The van der Waals surface area contributed by atoms with Crippen molar-refractivity contribution in [3.05, 3.63) is 66.1 Å². The van der Waals surface area contributed by atoms with Crippen molar-refractivity contribution in [3.63, 3.8) is 0 Å². The third kappa shape index (κ3) is 4.92. The first-order valence-electron chi connectivity index (χ1n) is 10.5. The highest BCUT2D eigenvalue weighted by molar-refractivity contribution is 6.00. The van der Waals surface area contributed by atoms with E-state index in [1.54, 1.807) is 18.3 Å². The number of fused-ring (bicyclic) bond motifs is 1. The largest absolute Gasteiger partial charge is 0.351 e. The highest BCUT2D eigenvalue weighted by atomic mass is 16.2. The first-order chi connectivity index (χ1) is 15.0. The Hall–Kier alpha value is -3.66. The van der Waals surface area contributed by atoms with Gasteiger partial charge in [-0.05, 0) is 36.6 Å². The molecule has 7 nitrogen and oxygen atoms in total. The minimum absolute atomic E-state index is 0.277. The SMILES string of the molecule is CC(c1ccccn1)C(C#N)NC(=O)C(CC1CC1)NC(=O)c1cc2ccccc2[nH]1. The number of para-hydroxylation sites is 1. The Bertz CT molecular complexity index is 1080. The Morgan fingerprint density at radius 3 is 2.65 bits per heavy atom. The molecular formula is C24H25N5O2. The zero-order valence-electron chi connectivity index (χ0n) is 17.3. The molecule has 1 fully saturated rings. The fourth-order valence-corrected chi connectivity index (χ4v) is 3.69. The lowest BCUT2D eigenvalue weighted by molar-refractivity contribution is -0.123. The highest BCUT2D eigenvalue weighted by Gasteiger charge is 2.33. The van der Waals surface area contributed by atoms with Gasteiger partial charge in [0.1, 0.15) is 17.8 Å². The number of H-pyrrole nitrogens is 1. The summed E-state index contributed by atoms with van der Waals surface area (Å²) in [6.07, 6.45) is 4.34. The Morgan fingerprint density at radius 1 is 1.19 bits per heavy atom. The van der Waals surface area contributed by atoms with Gasteiger partial charge in [0.15, 0.2) is 0 Å². The van der Waals surface area contributed by atoms with Crippen LogP contribution >= 0.6 is 0 Å². The first-order valence-corrected chi connectivity index (χ1v) is 10.5. The Balaban J connectivity index is 1.46. The maximum absolute atomic E-state index is 13.0. The van der Waals surface area contributed by atoms with Crippen molar-refractivity contribution < 1.29 is 9.59 Å². The van der Waals surface area contributed by atoms with E-state index in [0.29, 0.717) is 18.0 Å². The van der Waals surface area contributed by atoms with Gasteiger partial charge in [0, 0.05) is 28.7 Å². The van der Waals surface area contributed by atoms with Gasteiger partial charge in [0.25, 0.3) is 5.91 Å². The monoisotopic (exact) mass is 415 g/mol. The molecule has 2 heterocycles. The van der Waals surface area contributed by atoms with Crippen LogP contribution in [0.25, 0.3) is 10.9 Å². The van der Waals surface area contributed by atoms with Crippen LogP contribution in [0.1, 0.15) is 48.3 Å². The molecule has 0 bridgehead atoms. The minimum atomic E-state index is -0.742. The van der Waals surface area contributed by atoms with Gasteiger partial charge in [-0.25, -0.2) is 0 Å². The Labute approximate surface area is 180 Å². The summed E-state index contributed by atoms with van der Waals surface area (Å²) in [6, 6.07) is 15.6. The van der Waals surface area contributed by atoms with Gasteiger partial charge >= 0.3 is 0 Å². The maximum atomic E-state index is 13.0. The normalized spacial score (nSPS) is 16.1. The molecule has 0 saturated heterocycles. The molecule has 0 radical (unpaired) electrons. The second-order valence-corrected chi connectivity index (χ2v) is 8.13. The molecular weight excluding hydrogens is 390 g/mol. The second kappa shape index (κ2) is 9.00. The topological polar surface area (TPSA) is 111 Å². The van der Waals surface area contributed by atoms with Crippen LogP contribution < -0.4 is 10.6 Å². The van der Waals surface area contributed by atoms with Gasteiger partial charge in [-0.2, -0.15) is 5.26 Å². The van der Waals surface area contributed by atoms with Gasteiger partial charge in [-0.3, -0.25) is 14.6 Å². The number of aromatic amines is 1. The minimum Gasteiger partial charge on any atom is -0.351 e. The van der Waals surface area contributed by atoms with Crippen LogP contribution in [-0.2, 0) is 4.79 Å². The number of benzene rings is 1. The second-order valence-electron chi connectivity index (χ2n) is 8.13. The summed E-state index contributed by atoms with van der Waals surface area (Å²) >= 11 is 0. The van der Waals surface area contributed by atoms with Crippen molar-refractivity contribution in [1.29, 1.82) is 5.26 Å². The molecule has 0 aliphatic heterocycles. The Morgan fingerprint density at radius 2 is 1.97 bits per heavy atom. The summed E-state index contributed by atoms with van der Waals surface area (Å²) in [7, 11) is 0. The quantitative estimate of drug-likeness (QED) is 0.524. The number of hydrogen-bond donors (Lipinski definition) is 3. The number of pyridine rings is 1. The molecule has 4 rings (SSSR count). The molecule has 7 heteroatoms. The molecule has 2 aromatic heterocycles. The lowest BCUT2D eigenvalue weighted by atomic mass is 9.98. The van der Waals surface area contributed by atoms with E-state index >= 15 is 0 Å². The van der Waals surface area contributed by atoms with Gasteiger partial charge < -0.3 is 15.6 Å². The molecule has 3 unspecified atom stereocenters. The van der Waals surface area contributed by atoms with E-state index in [2.05, 4.69) is 26.7 Å². The standard InChI is InChI=1S/C24H25N5O2/c1-15(18-7-4-5-11-26-18)22(14-25)29-23(30)20(12-16-9-10-16)28-24(31)21-13-17-6-2-3-8-19(17)27-21/h2-8,11,13,15-16,20,22,27H,9-10,12H2,1H3,(H,28,31)(H,29,30). The van der Waals surface area contributed by atoms with Gasteiger partial charge in [-0.1, -0.05) is 44.0 Å². The molecule has 1 aromatic carbocycles. The fraction of sp³-hybridized carbons (Fsp3) is 0.333.